The molecule has 2 atom stereocenters. The molecule has 3 N–H and O–H groups in total. The van der Waals surface area contributed by atoms with Gasteiger partial charge in [-0.3, -0.25) is 4.79 Å². The topological polar surface area (TPSA) is 63.3 Å². The summed E-state index contributed by atoms with van der Waals surface area (Å²) in [6, 6.07) is 4.26. The molecular formula is C16H25NO2. The van der Waals surface area contributed by atoms with E-state index in [9.17, 15) is 4.79 Å². The minimum absolute atomic E-state index is 0.204. The second-order valence-electron chi connectivity index (χ2n) is 5.33. The van der Waals surface area contributed by atoms with Gasteiger partial charge < -0.3 is 10.8 Å². The lowest BCUT2D eigenvalue weighted by atomic mass is 9.83. The Morgan fingerprint density at radius 1 is 1.26 bits per heavy atom. The van der Waals surface area contributed by atoms with Gasteiger partial charge in [-0.15, -0.1) is 0 Å². The number of aryl methyl sites for hydroxylation is 1. The molecule has 19 heavy (non-hydrogen) atoms. The summed E-state index contributed by atoms with van der Waals surface area (Å²) in [5.74, 6) is -0.975. The number of hydrogen-bond donors (Lipinski definition) is 2. The molecule has 0 aromatic heterocycles. The Hall–Kier alpha value is -1.35. The molecule has 1 rings (SSSR count). The summed E-state index contributed by atoms with van der Waals surface area (Å²) >= 11 is 0. The Bertz CT molecular complexity index is 454. The summed E-state index contributed by atoms with van der Waals surface area (Å²) in [7, 11) is 0. The minimum atomic E-state index is -0.789. The standard InChI is InChI=1S/C16H25NO2/c1-5-13(8-14(9-17)16(18)19)15-7-6-10(2)11(3)12(15)4/h6-7,13-14H,5,8-9,17H2,1-4H3,(H,18,19). The molecule has 1 aromatic rings. The Morgan fingerprint density at radius 3 is 2.37 bits per heavy atom. The maximum atomic E-state index is 11.1. The van der Waals surface area contributed by atoms with Gasteiger partial charge in [0.15, 0.2) is 0 Å². The van der Waals surface area contributed by atoms with E-state index < -0.39 is 11.9 Å². The number of carboxylic acids is 1. The number of carbonyl (C=O) groups is 1. The summed E-state index contributed by atoms with van der Waals surface area (Å²) in [6.07, 6.45) is 1.55. The van der Waals surface area contributed by atoms with Crippen molar-refractivity contribution in [2.45, 2.75) is 46.5 Å². The fraction of sp³-hybridized carbons (Fsp3) is 0.562. The predicted molar refractivity (Wildman–Crippen MR) is 78.5 cm³/mol. The van der Waals surface area contributed by atoms with Crippen molar-refractivity contribution in [1.82, 2.24) is 0 Å². The zero-order chi connectivity index (χ0) is 14.6. The summed E-state index contributed by atoms with van der Waals surface area (Å²) in [5.41, 5.74) is 10.7. The van der Waals surface area contributed by atoms with Gasteiger partial charge in [0.25, 0.3) is 0 Å². The monoisotopic (exact) mass is 263 g/mol. The van der Waals surface area contributed by atoms with Crippen LogP contribution in [0.3, 0.4) is 0 Å². The van der Waals surface area contributed by atoms with Crippen molar-refractivity contribution in [2.75, 3.05) is 6.54 Å². The minimum Gasteiger partial charge on any atom is -0.481 e. The van der Waals surface area contributed by atoms with Crippen LogP contribution in [0.25, 0.3) is 0 Å². The van der Waals surface area contributed by atoms with E-state index in [4.69, 9.17) is 10.8 Å². The third-order valence-electron chi connectivity index (χ3n) is 4.24. The fourth-order valence-corrected chi connectivity index (χ4v) is 2.57. The summed E-state index contributed by atoms with van der Waals surface area (Å²) in [6.45, 7) is 8.66. The number of aliphatic carboxylic acids is 1. The van der Waals surface area contributed by atoms with Crippen LogP contribution < -0.4 is 5.73 Å². The molecule has 1 aromatic carbocycles. The second-order valence-corrected chi connectivity index (χ2v) is 5.33. The maximum absolute atomic E-state index is 11.1. The van der Waals surface area contributed by atoms with E-state index in [2.05, 4.69) is 39.8 Å². The lowest BCUT2D eigenvalue weighted by Gasteiger charge is -2.22. The first kappa shape index (κ1) is 15.7. The smallest absolute Gasteiger partial charge is 0.307 e. The van der Waals surface area contributed by atoms with Crippen LogP contribution >= 0.6 is 0 Å². The van der Waals surface area contributed by atoms with Crippen LogP contribution in [0, 0.1) is 26.7 Å². The fourth-order valence-electron chi connectivity index (χ4n) is 2.57. The average Bonchev–Trinajstić information content (AvgIpc) is 2.38. The van der Waals surface area contributed by atoms with Gasteiger partial charge in [-0.2, -0.15) is 0 Å². The Balaban J connectivity index is 3.04. The summed E-state index contributed by atoms with van der Waals surface area (Å²) in [5, 5.41) is 9.15. The van der Waals surface area contributed by atoms with Crippen LogP contribution in [-0.4, -0.2) is 17.6 Å². The van der Waals surface area contributed by atoms with Gasteiger partial charge in [0.1, 0.15) is 0 Å². The number of carboxylic acid groups (broad SMARTS) is 1. The van der Waals surface area contributed by atoms with Crippen molar-refractivity contribution >= 4 is 5.97 Å². The third kappa shape index (κ3) is 3.57. The van der Waals surface area contributed by atoms with Gasteiger partial charge >= 0.3 is 5.97 Å². The molecule has 106 valence electrons. The van der Waals surface area contributed by atoms with E-state index in [0.29, 0.717) is 6.42 Å². The van der Waals surface area contributed by atoms with Crippen molar-refractivity contribution in [1.29, 1.82) is 0 Å². The number of rotatable bonds is 6. The molecule has 0 fully saturated rings. The molecule has 0 bridgehead atoms. The first-order valence-corrected chi connectivity index (χ1v) is 6.91. The molecule has 3 heteroatoms. The van der Waals surface area contributed by atoms with Crippen LogP contribution in [0.1, 0.15) is 47.9 Å². The molecule has 3 nitrogen and oxygen atoms in total. The van der Waals surface area contributed by atoms with Crippen LogP contribution in [0.5, 0.6) is 0 Å². The van der Waals surface area contributed by atoms with E-state index in [1.54, 1.807) is 0 Å². The number of nitrogens with two attached hydrogens (primary N) is 1. The molecular weight excluding hydrogens is 238 g/mol. The quantitative estimate of drug-likeness (QED) is 0.828. The zero-order valence-corrected chi connectivity index (χ0v) is 12.4. The van der Waals surface area contributed by atoms with Crippen molar-refractivity contribution in [2.24, 2.45) is 11.7 Å². The second kappa shape index (κ2) is 6.71. The van der Waals surface area contributed by atoms with Gasteiger partial charge in [-0.1, -0.05) is 19.1 Å². The van der Waals surface area contributed by atoms with Crippen LogP contribution in [0.15, 0.2) is 12.1 Å². The Morgan fingerprint density at radius 2 is 1.89 bits per heavy atom. The highest BCUT2D eigenvalue weighted by Gasteiger charge is 2.22. The van der Waals surface area contributed by atoms with E-state index in [-0.39, 0.29) is 12.5 Å². The van der Waals surface area contributed by atoms with E-state index >= 15 is 0 Å². The first-order chi connectivity index (χ1) is 8.92. The van der Waals surface area contributed by atoms with Gasteiger partial charge in [-0.25, -0.2) is 0 Å². The van der Waals surface area contributed by atoms with E-state index in [1.807, 2.05) is 0 Å². The molecule has 0 radical (unpaired) electrons. The molecule has 0 aliphatic rings. The highest BCUT2D eigenvalue weighted by atomic mass is 16.4. The van der Waals surface area contributed by atoms with Gasteiger partial charge in [-0.05, 0) is 61.8 Å². The zero-order valence-electron chi connectivity index (χ0n) is 12.4. The number of benzene rings is 1. The lowest BCUT2D eigenvalue weighted by molar-refractivity contribution is -0.141. The Labute approximate surface area is 115 Å². The van der Waals surface area contributed by atoms with Gasteiger partial charge in [0.2, 0.25) is 0 Å². The van der Waals surface area contributed by atoms with Crippen molar-refractivity contribution in [3.05, 3.63) is 34.4 Å². The average molecular weight is 263 g/mol. The van der Waals surface area contributed by atoms with Crippen LogP contribution in [-0.2, 0) is 4.79 Å². The molecule has 0 aliphatic carbocycles. The van der Waals surface area contributed by atoms with Crippen LogP contribution in [0.4, 0.5) is 0 Å². The molecule has 0 spiro atoms. The third-order valence-corrected chi connectivity index (χ3v) is 4.24. The molecule has 2 unspecified atom stereocenters. The lowest BCUT2D eigenvalue weighted by Crippen LogP contribution is -2.25. The molecule has 0 saturated heterocycles. The Kier molecular flexibility index (Phi) is 5.55. The summed E-state index contributed by atoms with van der Waals surface area (Å²) in [4.78, 5) is 11.1. The molecule has 0 amide bonds. The molecule has 0 aliphatic heterocycles. The highest BCUT2D eigenvalue weighted by molar-refractivity contribution is 5.70. The largest absolute Gasteiger partial charge is 0.481 e. The molecule has 0 saturated carbocycles. The van der Waals surface area contributed by atoms with Crippen LogP contribution in [0.2, 0.25) is 0 Å². The van der Waals surface area contributed by atoms with Crippen molar-refractivity contribution < 1.29 is 9.90 Å². The number of hydrogen-bond acceptors (Lipinski definition) is 2. The normalized spacial score (nSPS) is 14.2. The van der Waals surface area contributed by atoms with Gasteiger partial charge in [0, 0.05) is 6.54 Å². The van der Waals surface area contributed by atoms with Crippen molar-refractivity contribution in [3.63, 3.8) is 0 Å². The first-order valence-electron chi connectivity index (χ1n) is 6.91. The molecule has 0 heterocycles. The van der Waals surface area contributed by atoms with Crippen molar-refractivity contribution in [3.8, 4) is 0 Å². The highest BCUT2D eigenvalue weighted by Crippen LogP contribution is 2.31. The maximum Gasteiger partial charge on any atom is 0.307 e. The van der Waals surface area contributed by atoms with Gasteiger partial charge in [0.05, 0.1) is 5.92 Å². The SMILES string of the molecule is CCC(CC(CN)C(=O)O)c1ccc(C)c(C)c1C. The predicted octanol–water partition coefficient (Wildman–Crippen LogP) is 3.16. The van der Waals surface area contributed by atoms with E-state index in [1.165, 1.54) is 22.3 Å². The van der Waals surface area contributed by atoms with E-state index in [0.717, 1.165) is 6.42 Å². The summed E-state index contributed by atoms with van der Waals surface area (Å²) < 4.78 is 0.